The summed E-state index contributed by atoms with van der Waals surface area (Å²) in [6.45, 7) is 3.64. The number of rotatable bonds is 4. The summed E-state index contributed by atoms with van der Waals surface area (Å²) in [4.78, 5) is 14.3. The number of aryl methyl sites for hydroxylation is 1. The molecule has 6 nitrogen and oxygen atoms in total. The first kappa shape index (κ1) is 15.9. The lowest BCUT2D eigenvalue weighted by molar-refractivity contribution is 0.0474. The Hall–Kier alpha value is -1.99. The number of nitrogens with one attached hydrogen (secondary N) is 1. The first-order valence-electron chi connectivity index (χ1n) is 7.72. The smallest absolute Gasteiger partial charge is 0.254 e. The maximum atomic E-state index is 12.5. The molecule has 1 saturated heterocycles. The minimum atomic E-state index is -0.408. The normalized spacial score (nSPS) is 18.0. The fourth-order valence-corrected chi connectivity index (χ4v) is 3.32. The number of piperidine rings is 1. The lowest BCUT2D eigenvalue weighted by atomic mass is 10.1. The van der Waals surface area contributed by atoms with Crippen molar-refractivity contribution in [1.29, 1.82) is 0 Å². The van der Waals surface area contributed by atoms with Crippen molar-refractivity contribution in [2.24, 2.45) is 0 Å². The summed E-state index contributed by atoms with van der Waals surface area (Å²) >= 11 is 1.55. The highest BCUT2D eigenvalue weighted by Crippen LogP contribution is 2.18. The van der Waals surface area contributed by atoms with Crippen molar-refractivity contribution in [3.8, 4) is 0 Å². The topological polar surface area (TPSA) is 78.4 Å². The molecule has 1 fully saturated rings. The van der Waals surface area contributed by atoms with Crippen LogP contribution < -0.4 is 5.32 Å². The van der Waals surface area contributed by atoms with E-state index in [4.69, 9.17) is 0 Å². The number of hydrogen-bond donors (Lipinski definition) is 2. The molecule has 1 aromatic carbocycles. The van der Waals surface area contributed by atoms with Crippen molar-refractivity contribution in [2.45, 2.75) is 32.4 Å². The second-order valence-corrected chi connectivity index (χ2v) is 6.96. The Balaban J connectivity index is 1.65. The number of carbonyl (C=O) groups excluding carboxylic acids is 1. The molecule has 0 spiro atoms. The fraction of sp³-hybridized carbons (Fsp3) is 0.438. The fourth-order valence-electron chi connectivity index (χ4n) is 2.67. The number of hydrogen-bond acceptors (Lipinski definition) is 6. The van der Waals surface area contributed by atoms with Crippen molar-refractivity contribution in [2.75, 3.05) is 18.4 Å². The highest BCUT2D eigenvalue weighted by Gasteiger charge is 2.23. The molecule has 1 atom stereocenters. The van der Waals surface area contributed by atoms with Gasteiger partial charge in [0.05, 0.1) is 12.6 Å². The van der Waals surface area contributed by atoms with E-state index in [0.717, 1.165) is 28.5 Å². The Morgan fingerprint density at radius 3 is 3.09 bits per heavy atom. The second kappa shape index (κ2) is 7.06. The summed E-state index contributed by atoms with van der Waals surface area (Å²) in [6.07, 6.45) is 1.21. The van der Waals surface area contributed by atoms with Crippen LogP contribution in [-0.2, 0) is 6.54 Å². The van der Waals surface area contributed by atoms with Crippen LogP contribution in [0.4, 0.5) is 5.69 Å². The Morgan fingerprint density at radius 1 is 1.48 bits per heavy atom. The molecule has 0 bridgehead atoms. The van der Waals surface area contributed by atoms with E-state index in [2.05, 4.69) is 15.5 Å². The van der Waals surface area contributed by atoms with E-state index in [-0.39, 0.29) is 5.91 Å². The van der Waals surface area contributed by atoms with Crippen LogP contribution in [0.1, 0.15) is 33.2 Å². The molecule has 0 unspecified atom stereocenters. The van der Waals surface area contributed by atoms with Crippen LogP contribution in [0.3, 0.4) is 0 Å². The van der Waals surface area contributed by atoms with Gasteiger partial charge in [0.2, 0.25) is 0 Å². The zero-order valence-electron chi connectivity index (χ0n) is 13.0. The molecule has 2 heterocycles. The number of aromatic nitrogens is 2. The van der Waals surface area contributed by atoms with Crippen molar-refractivity contribution >= 4 is 22.9 Å². The largest absolute Gasteiger partial charge is 0.391 e. The van der Waals surface area contributed by atoms with Crippen molar-refractivity contribution in [3.05, 3.63) is 39.8 Å². The van der Waals surface area contributed by atoms with E-state index in [0.29, 0.717) is 25.2 Å². The average molecular weight is 332 g/mol. The number of nitrogens with zero attached hydrogens (tertiary/aromatic N) is 3. The predicted octanol–water partition coefficient (Wildman–Crippen LogP) is 2.06. The quantitative estimate of drug-likeness (QED) is 0.896. The Labute approximate surface area is 139 Å². The lowest BCUT2D eigenvalue weighted by Gasteiger charge is -2.30. The van der Waals surface area contributed by atoms with Gasteiger partial charge in [-0.05, 0) is 38.0 Å². The van der Waals surface area contributed by atoms with Gasteiger partial charge in [-0.3, -0.25) is 4.79 Å². The van der Waals surface area contributed by atoms with Crippen molar-refractivity contribution in [1.82, 2.24) is 15.1 Å². The lowest BCUT2D eigenvalue weighted by Crippen LogP contribution is -2.42. The number of aliphatic hydroxyl groups excluding tert-OH is 1. The summed E-state index contributed by atoms with van der Waals surface area (Å²) in [6, 6.07) is 7.44. The predicted molar refractivity (Wildman–Crippen MR) is 89.6 cm³/mol. The minimum Gasteiger partial charge on any atom is -0.391 e. The van der Waals surface area contributed by atoms with E-state index >= 15 is 0 Å². The van der Waals surface area contributed by atoms with Crippen LogP contribution in [0.2, 0.25) is 0 Å². The van der Waals surface area contributed by atoms with Crippen molar-refractivity contribution in [3.63, 3.8) is 0 Å². The molecule has 0 radical (unpaired) electrons. The van der Waals surface area contributed by atoms with Gasteiger partial charge in [-0.15, -0.1) is 10.2 Å². The highest BCUT2D eigenvalue weighted by atomic mass is 32.1. The van der Waals surface area contributed by atoms with Crippen LogP contribution in [0.15, 0.2) is 24.3 Å². The first-order chi connectivity index (χ1) is 11.1. The third kappa shape index (κ3) is 4.05. The van der Waals surface area contributed by atoms with Crippen LogP contribution in [0, 0.1) is 6.92 Å². The maximum absolute atomic E-state index is 12.5. The molecular weight excluding hydrogens is 312 g/mol. The van der Waals surface area contributed by atoms with Gasteiger partial charge in [0.25, 0.3) is 5.91 Å². The highest BCUT2D eigenvalue weighted by molar-refractivity contribution is 7.11. The van der Waals surface area contributed by atoms with Gasteiger partial charge in [-0.25, -0.2) is 0 Å². The van der Waals surface area contributed by atoms with Gasteiger partial charge in [-0.2, -0.15) is 0 Å². The molecule has 1 aliphatic rings. The van der Waals surface area contributed by atoms with Gasteiger partial charge in [0.1, 0.15) is 10.0 Å². The number of carbonyl (C=O) groups is 1. The van der Waals surface area contributed by atoms with Gasteiger partial charge >= 0.3 is 0 Å². The molecule has 7 heteroatoms. The summed E-state index contributed by atoms with van der Waals surface area (Å²) in [5.74, 6) is -0.0286. The zero-order valence-corrected chi connectivity index (χ0v) is 13.8. The number of aliphatic hydroxyl groups is 1. The van der Waals surface area contributed by atoms with Gasteiger partial charge in [0.15, 0.2) is 0 Å². The molecule has 2 N–H and O–H groups in total. The number of amides is 1. The Bertz CT molecular complexity index is 688. The molecule has 3 rings (SSSR count). The monoisotopic (exact) mass is 332 g/mol. The van der Waals surface area contributed by atoms with E-state index in [1.165, 1.54) is 0 Å². The van der Waals surface area contributed by atoms with Crippen molar-refractivity contribution < 1.29 is 9.90 Å². The Morgan fingerprint density at radius 2 is 2.35 bits per heavy atom. The summed E-state index contributed by atoms with van der Waals surface area (Å²) in [5.41, 5.74) is 1.51. The summed E-state index contributed by atoms with van der Waals surface area (Å²) in [5, 5.41) is 22.9. The molecule has 23 heavy (non-hydrogen) atoms. The first-order valence-corrected chi connectivity index (χ1v) is 8.54. The number of anilines is 1. The molecule has 1 amide bonds. The Kier molecular flexibility index (Phi) is 4.88. The minimum absolute atomic E-state index is 0.0286. The van der Waals surface area contributed by atoms with E-state index in [9.17, 15) is 9.90 Å². The maximum Gasteiger partial charge on any atom is 0.254 e. The average Bonchev–Trinajstić information content (AvgIpc) is 2.98. The van der Waals surface area contributed by atoms with Crippen LogP contribution in [0.25, 0.3) is 0 Å². The van der Waals surface area contributed by atoms with E-state index in [1.54, 1.807) is 16.2 Å². The van der Waals surface area contributed by atoms with E-state index < -0.39 is 6.10 Å². The molecule has 0 saturated carbocycles. The third-order valence-corrected chi connectivity index (χ3v) is 4.64. The van der Waals surface area contributed by atoms with Crippen LogP contribution >= 0.6 is 11.3 Å². The van der Waals surface area contributed by atoms with E-state index in [1.807, 2.05) is 31.2 Å². The van der Waals surface area contributed by atoms with Crippen LogP contribution in [-0.4, -0.2) is 45.3 Å². The van der Waals surface area contributed by atoms with Gasteiger partial charge in [-0.1, -0.05) is 17.4 Å². The zero-order chi connectivity index (χ0) is 16.2. The number of benzene rings is 1. The molecule has 122 valence electrons. The molecule has 0 aliphatic carbocycles. The van der Waals surface area contributed by atoms with Crippen LogP contribution in [0.5, 0.6) is 0 Å². The molecule has 2 aromatic rings. The molecule has 1 aliphatic heterocycles. The SMILES string of the molecule is Cc1nnc(CNc2cccc(C(=O)N3CCC[C@H](O)C3)c2)s1. The summed E-state index contributed by atoms with van der Waals surface area (Å²) in [7, 11) is 0. The summed E-state index contributed by atoms with van der Waals surface area (Å²) < 4.78 is 0. The molecular formula is C16H20N4O2S. The third-order valence-electron chi connectivity index (χ3n) is 3.80. The van der Waals surface area contributed by atoms with Gasteiger partial charge < -0.3 is 15.3 Å². The van der Waals surface area contributed by atoms with Gasteiger partial charge in [0, 0.05) is 24.3 Å². The number of β-amino-alcohol motifs (C(OH)–C–C–N with tert-alkyl or cyclic N) is 1. The second-order valence-electron chi connectivity index (χ2n) is 5.70. The number of likely N-dealkylation sites (tertiary alicyclic amines) is 1. The standard InChI is InChI=1S/C16H20N4O2S/c1-11-18-19-15(23-11)9-17-13-5-2-4-12(8-13)16(22)20-7-3-6-14(21)10-20/h2,4-5,8,14,17,21H,3,6-7,9-10H2,1H3/t14-/m0/s1. The molecule has 1 aromatic heterocycles.